The van der Waals surface area contributed by atoms with E-state index in [1.54, 1.807) is 4.90 Å². The number of carbonyl (C=O) groups is 2. The molecule has 0 aromatic carbocycles. The smallest absolute Gasteiger partial charge is 0.444 e. The van der Waals surface area contributed by atoms with Gasteiger partial charge < -0.3 is 30.3 Å². The van der Waals surface area contributed by atoms with Crippen molar-refractivity contribution in [2.24, 2.45) is 11.0 Å². The molecule has 0 aliphatic carbocycles. The largest absolute Gasteiger partial charge is 1.00 e. The van der Waals surface area contributed by atoms with Crippen LogP contribution in [0.1, 0.15) is 75.5 Å². The Bertz CT molecular complexity index is 723. The summed E-state index contributed by atoms with van der Waals surface area (Å²) in [7, 11) is -1.00. The van der Waals surface area contributed by atoms with Crippen LogP contribution in [0.4, 0.5) is 14.0 Å². The number of alkyl halides is 1. The Morgan fingerprint density at radius 3 is 1.47 bits per heavy atom. The Hall–Kier alpha value is -1.91. The van der Waals surface area contributed by atoms with Crippen LogP contribution in [0.3, 0.4) is 0 Å². The van der Waals surface area contributed by atoms with E-state index in [0.29, 0.717) is 25.9 Å². The minimum Gasteiger partial charge on any atom is -0.444 e. The predicted octanol–water partition coefficient (Wildman–Crippen LogP) is 3.81. The number of rotatable bonds is 1. The van der Waals surface area contributed by atoms with Crippen molar-refractivity contribution in [1.29, 1.82) is 0 Å². The maximum atomic E-state index is 11.7. The quantitative estimate of drug-likeness (QED) is 0.220. The van der Waals surface area contributed by atoms with Crippen molar-refractivity contribution in [2.75, 3.05) is 33.3 Å². The molecule has 2 rings (SSSR count). The number of piperidine rings is 2. The molecule has 202 valence electrons. The number of hydrogen-bond acceptors (Lipinski definition) is 5. The fourth-order valence-electron chi connectivity index (χ4n) is 3.08. The molecular formula is C22H42FN8NaO4. The maximum Gasteiger partial charge on any atom is 1.00 e. The fourth-order valence-corrected chi connectivity index (χ4v) is 3.08. The first-order valence-electron chi connectivity index (χ1n) is 12.2. The number of likely N-dealkylation sites (tertiary alicyclic amines) is 2. The van der Waals surface area contributed by atoms with Gasteiger partial charge in [0.2, 0.25) is 0 Å². The molecule has 36 heavy (non-hydrogen) atoms. The van der Waals surface area contributed by atoms with Crippen LogP contribution in [0.2, 0.25) is 0 Å². The van der Waals surface area contributed by atoms with E-state index in [4.69, 9.17) is 27.4 Å². The van der Waals surface area contributed by atoms with Gasteiger partial charge in [-0.1, -0.05) is 12.0 Å². The average molecular weight is 526 g/mol. The van der Waals surface area contributed by atoms with Gasteiger partial charge in [-0.25, -0.2) is 9.59 Å². The van der Waals surface area contributed by atoms with Crippen LogP contribution < -0.4 is 29.6 Å². The first-order chi connectivity index (χ1) is 16.6. The summed E-state index contributed by atoms with van der Waals surface area (Å²) in [5.74, 6) is 0.744. The van der Waals surface area contributed by atoms with Gasteiger partial charge in [-0.2, -0.15) is 0 Å². The number of amides is 2. The van der Waals surface area contributed by atoms with Gasteiger partial charge in [-0.05, 0) is 78.7 Å². The van der Waals surface area contributed by atoms with Crippen molar-refractivity contribution in [3.05, 3.63) is 26.4 Å². The van der Waals surface area contributed by atoms with Crippen molar-refractivity contribution < 1.29 is 54.4 Å². The Morgan fingerprint density at radius 2 is 1.19 bits per heavy atom. The van der Waals surface area contributed by atoms with Gasteiger partial charge in [0.05, 0.1) is 8.52 Å². The number of azide groups is 1. The van der Waals surface area contributed by atoms with E-state index in [0.717, 1.165) is 31.8 Å². The summed E-state index contributed by atoms with van der Waals surface area (Å²) < 4.78 is 26.1. The second kappa shape index (κ2) is 20.2. The van der Waals surface area contributed by atoms with Crippen LogP contribution in [0.25, 0.3) is 26.4 Å². The molecular weight excluding hydrogens is 482 g/mol. The molecule has 12 nitrogen and oxygen atoms in total. The van der Waals surface area contributed by atoms with Crippen molar-refractivity contribution in [3.8, 4) is 0 Å². The number of halogens is 1. The van der Waals surface area contributed by atoms with Crippen LogP contribution in [-0.2, 0) is 9.47 Å². The third-order valence-corrected chi connectivity index (χ3v) is 4.77. The molecule has 2 heterocycles. The topological polar surface area (TPSA) is 167 Å². The van der Waals surface area contributed by atoms with Crippen LogP contribution in [0, 0.1) is 5.92 Å². The Balaban J connectivity index is -0.000000506. The van der Waals surface area contributed by atoms with E-state index in [-0.39, 0.29) is 53.4 Å². The van der Waals surface area contributed by atoms with E-state index in [9.17, 15) is 14.0 Å². The third-order valence-electron chi connectivity index (χ3n) is 4.77. The predicted molar refractivity (Wildman–Crippen MR) is 133 cm³/mol. The Kier molecular flexibility index (Phi) is 20.3. The Morgan fingerprint density at radius 1 is 0.889 bits per heavy atom. The molecule has 0 spiro atoms. The van der Waals surface area contributed by atoms with Gasteiger partial charge in [-0.3, -0.25) is 9.30 Å². The summed E-state index contributed by atoms with van der Waals surface area (Å²) in [4.78, 5) is 31.1. The van der Waals surface area contributed by atoms with E-state index in [1.165, 1.54) is 4.91 Å². The molecule has 0 bridgehead atoms. The van der Waals surface area contributed by atoms with E-state index < -0.39 is 12.8 Å². The van der Waals surface area contributed by atoms with Crippen LogP contribution in [0.5, 0.6) is 0 Å². The van der Waals surface area contributed by atoms with E-state index in [2.05, 4.69) is 16.9 Å². The SMILES string of the molecule is CC(C)(C)OC(=O)N1CCC(N=[N+]=[N-])CC1.CC1CCN(C(=O)OC(C)(C)C)CC1.[2H]CF.[N-]=[N+]=[N-].[Na+]. The summed E-state index contributed by atoms with van der Waals surface area (Å²) in [6.45, 7) is 16.3. The second-order valence-corrected chi connectivity index (χ2v) is 10.1. The average Bonchev–Trinajstić information content (AvgIpc) is 2.74. The maximum absolute atomic E-state index is 11.7. The molecule has 2 fully saturated rings. The molecule has 0 saturated carbocycles. The van der Waals surface area contributed by atoms with Crippen molar-refractivity contribution in [2.45, 2.75) is 91.4 Å². The van der Waals surface area contributed by atoms with Gasteiger partial charge in [0.15, 0.2) is 0 Å². The number of carbonyl (C=O) groups excluding carboxylic acids is 2. The molecule has 14 heteroatoms. The van der Waals surface area contributed by atoms with Crippen LogP contribution >= 0.6 is 0 Å². The molecule has 0 unspecified atom stereocenters. The minimum atomic E-state index is -1.00. The van der Waals surface area contributed by atoms with Crippen molar-refractivity contribution in [3.63, 3.8) is 0 Å². The molecule has 2 aliphatic rings. The van der Waals surface area contributed by atoms with E-state index >= 15 is 0 Å². The first kappa shape index (κ1) is 36.2. The second-order valence-electron chi connectivity index (χ2n) is 10.1. The fraction of sp³-hybridized carbons (Fsp3) is 0.909. The van der Waals surface area contributed by atoms with Crippen molar-refractivity contribution in [1.82, 2.24) is 9.80 Å². The monoisotopic (exact) mass is 525 g/mol. The number of ether oxygens (including phenoxy) is 2. The van der Waals surface area contributed by atoms with Gasteiger partial charge >= 0.3 is 41.7 Å². The molecule has 0 atom stereocenters. The molecule has 2 amide bonds. The summed E-state index contributed by atoms with van der Waals surface area (Å²) in [6.07, 6.45) is 3.17. The van der Waals surface area contributed by atoms with Gasteiger partial charge in [0, 0.05) is 37.1 Å². The van der Waals surface area contributed by atoms with E-state index in [1.807, 2.05) is 46.4 Å². The zero-order valence-corrected chi connectivity index (χ0v) is 25.1. The summed E-state index contributed by atoms with van der Waals surface area (Å²) in [6, 6.07) is 0.0173. The normalized spacial score (nSPS) is 16.3. The minimum absolute atomic E-state index is 0. The number of hydrogen-bond donors (Lipinski definition) is 0. The molecule has 0 radical (unpaired) electrons. The van der Waals surface area contributed by atoms with Crippen LogP contribution in [0.15, 0.2) is 5.11 Å². The molecule has 0 aromatic heterocycles. The number of nitrogens with zero attached hydrogens (tertiary/aromatic N) is 8. The zero-order valence-electron chi connectivity index (χ0n) is 24.1. The van der Waals surface area contributed by atoms with Gasteiger partial charge in [0.1, 0.15) is 11.2 Å². The summed E-state index contributed by atoms with van der Waals surface area (Å²) in [5, 5.41) is 3.65. The van der Waals surface area contributed by atoms with Gasteiger partial charge in [0.25, 0.3) is 0 Å². The zero-order chi connectivity index (χ0) is 28.4. The molecule has 0 aromatic rings. The Labute approximate surface area is 238 Å². The standard InChI is InChI=1S/C11H21NO2.C10H18N4O2.CH3F.N3.Na/c1-9-5-7-12(8-6-9)10(13)14-11(2,3)4;1-10(2,3)16-9(15)14-6-4-8(5-7-14)12-13-11;1-2;1-3-2;/h9H,5-8H2,1-4H3;8H,4-7H2,1-3H3;1H3;;/q;;;-1;+1/i;;1D;;. The molecule has 2 aliphatic heterocycles. The third kappa shape index (κ3) is 20.3. The molecule has 0 N–H and O–H groups in total. The molecule has 2 saturated heterocycles. The first-order valence-corrected chi connectivity index (χ1v) is 11.5. The summed E-state index contributed by atoms with van der Waals surface area (Å²) >= 11 is 0. The van der Waals surface area contributed by atoms with Crippen molar-refractivity contribution >= 4 is 12.2 Å². The summed E-state index contributed by atoms with van der Waals surface area (Å²) in [5.41, 5.74) is 21.0. The van der Waals surface area contributed by atoms with Crippen LogP contribution in [-0.4, -0.2) is 72.6 Å². The van der Waals surface area contributed by atoms with Gasteiger partial charge in [-0.15, -0.1) is 0 Å².